The number of imide groups is 1. The Morgan fingerprint density at radius 2 is 2.00 bits per heavy atom. The third-order valence-corrected chi connectivity index (χ3v) is 4.52. The molecule has 7 heteroatoms. The van der Waals surface area contributed by atoms with Gasteiger partial charge >= 0.3 is 6.03 Å². The molecule has 0 saturated heterocycles. The number of nitrogens with zero attached hydrogens (tertiary/aromatic N) is 1. The Bertz CT molecular complexity index is 603. The molecule has 1 aliphatic rings. The molecule has 138 valence electrons. The second-order valence-electron chi connectivity index (χ2n) is 6.49. The summed E-state index contributed by atoms with van der Waals surface area (Å²) in [5, 5.41) is 5.88. The van der Waals surface area contributed by atoms with Gasteiger partial charge in [0.25, 0.3) is 0 Å². The number of hydrogen-bond donors (Lipinski definition) is 2. The van der Waals surface area contributed by atoms with E-state index in [1.165, 1.54) is 6.42 Å². The van der Waals surface area contributed by atoms with Crippen LogP contribution in [0.15, 0.2) is 18.2 Å². The van der Waals surface area contributed by atoms with Gasteiger partial charge in [0, 0.05) is 23.2 Å². The molecule has 0 radical (unpaired) electrons. The summed E-state index contributed by atoms with van der Waals surface area (Å²) in [6, 6.07) is 5.13. The van der Waals surface area contributed by atoms with Crippen LogP contribution in [0.4, 0.5) is 4.79 Å². The van der Waals surface area contributed by atoms with Crippen molar-refractivity contribution in [1.29, 1.82) is 0 Å². The number of urea groups is 1. The maximum absolute atomic E-state index is 12.0. The minimum atomic E-state index is -0.411. The van der Waals surface area contributed by atoms with Crippen LogP contribution in [0.5, 0.6) is 5.75 Å². The van der Waals surface area contributed by atoms with Gasteiger partial charge in [-0.15, -0.1) is 0 Å². The Labute approximate surface area is 153 Å². The van der Waals surface area contributed by atoms with Gasteiger partial charge in [-0.2, -0.15) is 0 Å². The predicted molar refractivity (Wildman–Crippen MR) is 97.9 cm³/mol. The molecule has 2 N–H and O–H groups in total. The summed E-state index contributed by atoms with van der Waals surface area (Å²) in [6.45, 7) is 0.592. The number of halogens is 1. The van der Waals surface area contributed by atoms with Crippen LogP contribution in [-0.4, -0.2) is 43.6 Å². The molecule has 3 amide bonds. The quantitative estimate of drug-likeness (QED) is 0.811. The van der Waals surface area contributed by atoms with E-state index in [0.29, 0.717) is 17.3 Å². The molecule has 1 aromatic carbocycles. The van der Waals surface area contributed by atoms with E-state index >= 15 is 0 Å². The zero-order chi connectivity index (χ0) is 18.2. The van der Waals surface area contributed by atoms with Gasteiger partial charge in [-0.05, 0) is 38.1 Å². The summed E-state index contributed by atoms with van der Waals surface area (Å²) in [6.07, 6.45) is 5.44. The lowest BCUT2D eigenvalue weighted by atomic mass is 9.96. The van der Waals surface area contributed by atoms with Crippen LogP contribution in [0.2, 0.25) is 5.02 Å². The lowest BCUT2D eigenvalue weighted by Crippen LogP contribution is -2.47. The maximum Gasteiger partial charge on any atom is 0.321 e. The molecule has 6 nitrogen and oxygen atoms in total. The molecule has 0 aliphatic heterocycles. The van der Waals surface area contributed by atoms with E-state index in [-0.39, 0.29) is 18.5 Å². The zero-order valence-corrected chi connectivity index (χ0v) is 15.6. The highest BCUT2D eigenvalue weighted by Gasteiger charge is 2.18. The van der Waals surface area contributed by atoms with Crippen molar-refractivity contribution in [3.8, 4) is 5.75 Å². The van der Waals surface area contributed by atoms with Gasteiger partial charge in [0.1, 0.15) is 5.75 Å². The molecule has 0 unspecified atom stereocenters. The van der Waals surface area contributed by atoms with E-state index in [9.17, 15) is 9.59 Å². The maximum atomic E-state index is 12.0. The molecule has 25 heavy (non-hydrogen) atoms. The first-order valence-electron chi connectivity index (χ1n) is 8.59. The van der Waals surface area contributed by atoms with Crippen molar-refractivity contribution in [2.45, 2.75) is 44.7 Å². The van der Waals surface area contributed by atoms with Crippen molar-refractivity contribution in [2.24, 2.45) is 0 Å². The monoisotopic (exact) mass is 367 g/mol. The van der Waals surface area contributed by atoms with E-state index < -0.39 is 6.03 Å². The Morgan fingerprint density at radius 3 is 2.68 bits per heavy atom. The van der Waals surface area contributed by atoms with E-state index in [0.717, 1.165) is 31.2 Å². The standard InChI is InChI=1S/C18H26ClN3O3/c1-22(11-13-10-14(19)8-9-16(13)25-2)12-17(23)21-18(24)20-15-6-4-3-5-7-15/h8-10,15H,3-7,11-12H2,1-2H3,(H2,20,21,23,24). The fraction of sp³-hybridized carbons (Fsp3) is 0.556. The average molecular weight is 368 g/mol. The minimum Gasteiger partial charge on any atom is -0.496 e. The van der Waals surface area contributed by atoms with Crippen molar-refractivity contribution in [1.82, 2.24) is 15.5 Å². The van der Waals surface area contributed by atoms with Crippen LogP contribution in [0.25, 0.3) is 0 Å². The highest BCUT2D eigenvalue weighted by Crippen LogP contribution is 2.23. The van der Waals surface area contributed by atoms with Gasteiger partial charge in [-0.25, -0.2) is 4.79 Å². The third kappa shape index (κ3) is 6.55. The highest BCUT2D eigenvalue weighted by atomic mass is 35.5. The minimum absolute atomic E-state index is 0.105. The fourth-order valence-corrected chi connectivity index (χ4v) is 3.29. The second kappa shape index (κ2) is 9.63. The van der Waals surface area contributed by atoms with Gasteiger partial charge in [-0.3, -0.25) is 15.0 Å². The number of rotatable bonds is 6. The Morgan fingerprint density at radius 1 is 1.28 bits per heavy atom. The topological polar surface area (TPSA) is 70.7 Å². The number of methoxy groups -OCH3 is 1. The fourth-order valence-electron chi connectivity index (χ4n) is 3.10. The first kappa shape index (κ1) is 19.5. The summed E-state index contributed by atoms with van der Waals surface area (Å²) in [4.78, 5) is 25.8. The second-order valence-corrected chi connectivity index (χ2v) is 6.92. The Hall–Kier alpha value is -1.79. The molecule has 0 bridgehead atoms. The smallest absolute Gasteiger partial charge is 0.321 e. The van der Waals surface area contributed by atoms with Gasteiger partial charge in [0.05, 0.1) is 13.7 Å². The van der Waals surface area contributed by atoms with Crippen molar-refractivity contribution >= 4 is 23.5 Å². The van der Waals surface area contributed by atoms with Crippen LogP contribution in [-0.2, 0) is 11.3 Å². The lowest BCUT2D eigenvalue weighted by molar-refractivity contribution is -0.121. The molecule has 0 spiro atoms. The highest BCUT2D eigenvalue weighted by molar-refractivity contribution is 6.30. The SMILES string of the molecule is COc1ccc(Cl)cc1CN(C)CC(=O)NC(=O)NC1CCCCC1. The molecule has 1 fully saturated rings. The van der Waals surface area contributed by atoms with Gasteiger partial charge in [-0.1, -0.05) is 30.9 Å². The van der Waals surface area contributed by atoms with Crippen LogP contribution >= 0.6 is 11.6 Å². The van der Waals surface area contributed by atoms with E-state index in [2.05, 4.69) is 10.6 Å². The normalized spacial score (nSPS) is 15.0. The summed E-state index contributed by atoms with van der Waals surface area (Å²) < 4.78 is 5.31. The van der Waals surface area contributed by atoms with Crippen molar-refractivity contribution in [3.05, 3.63) is 28.8 Å². The van der Waals surface area contributed by atoms with Gasteiger partial charge < -0.3 is 10.1 Å². The molecule has 1 aromatic rings. The Kier molecular flexibility index (Phi) is 7.52. The van der Waals surface area contributed by atoms with Gasteiger partial charge in [0.2, 0.25) is 5.91 Å². The Balaban J connectivity index is 1.79. The van der Waals surface area contributed by atoms with E-state index in [1.54, 1.807) is 31.2 Å². The summed E-state index contributed by atoms with van der Waals surface area (Å²) in [5.74, 6) is 0.378. The summed E-state index contributed by atoms with van der Waals surface area (Å²) >= 11 is 6.02. The molecular weight excluding hydrogens is 342 g/mol. The zero-order valence-electron chi connectivity index (χ0n) is 14.8. The van der Waals surface area contributed by atoms with Gasteiger partial charge in [0.15, 0.2) is 0 Å². The predicted octanol–water partition coefficient (Wildman–Crippen LogP) is 2.94. The number of ether oxygens (including phenoxy) is 1. The summed E-state index contributed by atoms with van der Waals surface area (Å²) in [5.41, 5.74) is 0.886. The lowest BCUT2D eigenvalue weighted by Gasteiger charge is -2.23. The molecule has 0 heterocycles. The number of amides is 3. The molecule has 2 rings (SSSR count). The number of nitrogens with one attached hydrogen (secondary N) is 2. The van der Waals surface area contributed by atoms with Crippen LogP contribution in [0.3, 0.4) is 0 Å². The van der Waals surface area contributed by atoms with Crippen LogP contribution in [0.1, 0.15) is 37.7 Å². The molecular formula is C18H26ClN3O3. The largest absolute Gasteiger partial charge is 0.496 e. The number of likely N-dealkylation sites (N-methyl/N-ethyl adjacent to an activating group) is 1. The number of carbonyl (C=O) groups is 2. The van der Waals surface area contributed by atoms with E-state index in [1.807, 2.05) is 6.07 Å². The van der Waals surface area contributed by atoms with Crippen molar-refractivity contribution in [3.63, 3.8) is 0 Å². The molecule has 0 atom stereocenters. The number of benzene rings is 1. The van der Waals surface area contributed by atoms with Crippen molar-refractivity contribution < 1.29 is 14.3 Å². The number of carbonyl (C=O) groups excluding carboxylic acids is 2. The average Bonchev–Trinajstić information content (AvgIpc) is 2.55. The summed E-state index contributed by atoms with van der Waals surface area (Å²) in [7, 11) is 3.40. The number of hydrogen-bond acceptors (Lipinski definition) is 4. The van der Waals surface area contributed by atoms with Crippen molar-refractivity contribution in [2.75, 3.05) is 20.7 Å². The van der Waals surface area contributed by atoms with Crippen LogP contribution < -0.4 is 15.4 Å². The molecule has 1 saturated carbocycles. The van der Waals surface area contributed by atoms with Crippen LogP contribution in [0, 0.1) is 0 Å². The van der Waals surface area contributed by atoms with E-state index in [4.69, 9.17) is 16.3 Å². The molecule has 0 aromatic heterocycles. The first-order chi connectivity index (χ1) is 12.0. The molecule has 1 aliphatic carbocycles. The first-order valence-corrected chi connectivity index (χ1v) is 8.97. The third-order valence-electron chi connectivity index (χ3n) is 4.29.